The van der Waals surface area contributed by atoms with Crippen LogP contribution in [0.3, 0.4) is 0 Å². The minimum absolute atomic E-state index is 0.0529. The summed E-state index contributed by atoms with van der Waals surface area (Å²) in [6, 6.07) is 8.03. The molecule has 136 valence electrons. The molecule has 0 heterocycles. The summed E-state index contributed by atoms with van der Waals surface area (Å²) in [6.45, 7) is 1.97. The van der Waals surface area contributed by atoms with E-state index in [1.165, 1.54) is 13.8 Å². The van der Waals surface area contributed by atoms with Crippen LogP contribution in [-0.2, 0) is 35.2 Å². The van der Waals surface area contributed by atoms with Gasteiger partial charge in [-0.15, -0.1) is 0 Å². The average molecular weight is 369 g/mol. The molecule has 1 atom stereocenters. The minimum Gasteiger partial charge on any atom is -0.459 e. The van der Waals surface area contributed by atoms with Crippen LogP contribution < -0.4 is 5.32 Å². The highest BCUT2D eigenvalue weighted by molar-refractivity contribution is 8.13. The summed E-state index contributed by atoms with van der Waals surface area (Å²) in [5, 5.41) is 1.68. The Morgan fingerprint density at radius 2 is 1.72 bits per heavy atom. The molecule has 1 N–H and O–H groups in total. The van der Waals surface area contributed by atoms with Crippen molar-refractivity contribution in [2.75, 3.05) is 12.5 Å². The predicted molar refractivity (Wildman–Crippen MR) is 89.4 cm³/mol. The molecule has 0 fully saturated rings. The molecule has 0 unspecified atom stereocenters. The van der Waals surface area contributed by atoms with E-state index in [-0.39, 0.29) is 12.4 Å². The van der Waals surface area contributed by atoms with Crippen LogP contribution in [0.1, 0.15) is 19.4 Å². The van der Waals surface area contributed by atoms with Gasteiger partial charge in [0.1, 0.15) is 12.6 Å². The van der Waals surface area contributed by atoms with E-state index < -0.39 is 36.0 Å². The Kier molecular flexibility index (Phi) is 9.09. The lowest BCUT2D eigenvalue weighted by Gasteiger charge is -2.16. The summed E-state index contributed by atoms with van der Waals surface area (Å²) in [5.41, 5.74) is 0.797. The number of hydrogen-bond donors (Lipinski definition) is 1. The lowest BCUT2D eigenvalue weighted by atomic mass is 10.2. The number of esters is 2. The van der Waals surface area contributed by atoms with Gasteiger partial charge in [0.15, 0.2) is 0 Å². The molecule has 0 saturated heterocycles. The topological polar surface area (TPSA) is 108 Å². The van der Waals surface area contributed by atoms with E-state index in [0.29, 0.717) is 11.8 Å². The van der Waals surface area contributed by atoms with Crippen molar-refractivity contribution in [3.8, 4) is 0 Å². The first kappa shape index (κ1) is 20.5. The number of hydrogen-bond acceptors (Lipinski definition) is 8. The molecule has 0 aliphatic rings. The molecule has 0 aromatic heterocycles. The van der Waals surface area contributed by atoms with Crippen molar-refractivity contribution < 1.29 is 33.4 Å². The zero-order valence-corrected chi connectivity index (χ0v) is 14.7. The van der Waals surface area contributed by atoms with Gasteiger partial charge in [-0.05, 0) is 17.3 Å². The summed E-state index contributed by atoms with van der Waals surface area (Å²) in [7, 11) is 0. The zero-order chi connectivity index (χ0) is 18.7. The lowest BCUT2D eigenvalue weighted by molar-refractivity contribution is -0.149. The molecule has 1 rings (SSSR count). The van der Waals surface area contributed by atoms with Gasteiger partial charge >= 0.3 is 17.2 Å². The monoisotopic (exact) mass is 369 g/mol. The normalized spacial score (nSPS) is 11.1. The van der Waals surface area contributed by atoms with Crippen LogP contribution >= 0.6 is 11.8 Å². The van der Waals surface area contributed by atoms with Gasteiger partial charge in [-0.2, -0.15) is 0 Å². The second-order valence-electron chi connectivity index (χ2n) is 4.81. The van der Waals surface area contributed by atoms with Gasteiger partial charge in [0.25, 0.3) is 0 Å². The SMILES string of the molecule is CC(=O)N[C@@H](CSC(=O)OCOC(C)=O)C(=O)OCc1ccccc1. The molecule has 0 bridgehead atoms. The fraction of sp³-hybridized carbons (Fsp3) is 0.375. The molecule has 0 aliphatic heterocycles. The number of amides is 1. The Labute approximate surface area is 149 Å². The third-order valence-electron chi connectivity index (χ3n) is 2.69. The number of carbonyl (C=O) groups is 4. The molecular weight excluding hydrogens is 350 g/mol. The number of benzene rings is 1. The fourth-order valence-electron chi connectivity index (χ4n) is 1.60. The number of ether oxygens (including phenoxy) is 3. The van der Waals surface area contributed by atoms with Crippen molar-refractivity contribution >= 4 is 34.9 Å². The van der Waals surface area contributed by atoms with Gasteiger partial charge < -0.3 is 19.5 Å². The van der Waals surface area contributed by atoms with Crippen LogP contribution in [0.25, 0.3) is 0 Å². The van der Waals surface area contributed by atoms with E-state index in [0.717, 1.165) is 5.56 Å². The Hall–Kier alpha value is -2.55. The van der Waals surface area contributed by atoms with E-state index in [9.17, 15) is 19.2 Å². The van der Waals surface area contributed by atoms with Crippen LogP contribution in [0.15, 0.2) is 30.3 Å². The lowest BCUT2D eigenvalue weighted by Crippen LogP contribution is -2.42. The highest BCUT2D eigenvalue weighted by atomic mass is 32.2. The van der Waals surface area contributed by atoms with Crippen molar-refractivity contribution in [1.29, 1.82) is 0 Å². The largest absolute Gasteiger partial charge is 0.459 e. The highest BCUT2D eigenvalue weighted by Crippen LogP contribution is 2.10. The van der Waals surface area contributed by atoms with Crippen LogP contribution in [0.5, 0.6) is 0 Å². The fourth-order valence-corrected chi connectivity index (χ4v) is 2.25. The first-order valence-corrected chi connectivity index (χ1v) is 8.27. The predicted octanol–water partition coefficient (Wildman–Crippen LogP) is 1.62. The quantitative estimate of drug-likeness (QED) is 0.544. The smallest absolute Gasteiger partial charge is 0.370 e. The molecule has 0 aliphatic carbocycles. The molecule has 0 saturated carbocycles. The maximum atomic E-state index is 12.1. The average Bonchev–Trinajstić information content (AvgIpc) is 2.56. The Balaban J connectivity index is 2.46. The van der Waals surface area contributed by atoms with E-state index in [2.05, 4.69) is 14.8 Å². The number of carbonyl (C=O) groups excluding carboxylic acids is 4. The summed E-state index contributed by atoms with van der Waals surface area (Å²) < 4.78 is 14.2. The van der Waals surface area contributed by atoms with Crippen molar-refractivity contribution in [2.24, 2.45) is 0 Å². The van der Waals surface area contributed by atoms with Crippen molar-refractivity contribution in [3.05, 3.63) is 35.9 Å². The molecule has 8 nitrogen and oxygen atoms in total. The number of rotatable bonds is 8. The third-order valence-corrected chi connectivity index (χ3v) is 3.55. The highest BCUT2D eigenvalue weighted by Gasteiger charge is 2.23. The second-order valence-corrected chi connectivity index (χ2v) is 5.76. The van der Waals surface area contributed by atoms with E-state index >= 15 is 0 Å². The van der Waals surface area contributed by atoms with Crippen LogP contribution in [0, 0.1) is 0 Å². The van der Waals surface area contributed by atoms with Crippen molar-refractivity contribution in [1.82, 2.24) is 5.32 Å². The Bertz CT molecular complexity index is 606. The van der Waals surface area contributed by atoms with E-state index in [4.69, 9.17) is 4.74 Å². The van der Waals surface area contributed by atoms with Crippen molar-refractivity contribution in [3.63, 3.8) is 0 Å². The number of nitrogens with one attached hydrogen (secondary N) is 1. The van der Waals surface area contributed by atoms with Gasteiger partial charge in [0.05, 0.1) is 0 Å². The first-order valence-electron chi connectivity index (χ1n) is 7.29. The molecule has 9 heteroatoms. The standard InChI is InChI=1S/C16H19NO7S/c1-11(18)17-14(9-25-16(21)24-10-23-12(2)19)15(20)22-8-13-6-4-3-5-7-13/h3-7,14H,8-10H2,1-2H3,(H,17,18)/t14-/m0/s1. The Morgan fingerprint density at radius 3 is 2.32 bits per heavy atom. The first-order chi connectivity index (χ1) is 11.9. The van der Waals surface area contributed by atoms with Gasteiger partial charge in [-0.1, -0.05) is 30.3 Å². The summed E-state index contributed by atoms with van der Waals surface area (Å²) in [5.74, 6) is -1.76. The molecule has 1 aromatic carbocycles. The summed E-state index contributed by atoms with van der Waals surface area (Å²) in [6.07, 6.45) is 0. The van der Waals surface area contributed by atoms with Crippen LogP contribution in [0.4, 0.5) is 4.79 Å². The number of thioether (sulfide) groups is 1. The molecule has 25 heavy (non-hydrogen) atoms. The van der Waals surface area contributed by atoms with Gasteiger partial charge in [-0.25, -0.2) is 9.59 Å². The molecule has 0 radical (unpaired) electrons. The van der Waals surface area contributed by atoms with E-state index in [1.54, 1.807) is 12.1 Å². The summed E-state index contributed by atoms with van der Waals surface area (Å²) in [4.78, 5) is 45.4. The zero-order valence-electron chi connectivity index (χ0n) is 13.9. The Morgan fingerprint density at radius 1 is 1.04 bits per heavy atom. The third kappa shape index (κ3) is 9.36. The molecule has 0 spiro atoms. The molecule has 1 amide bonds. The maximum absolute atomic E-state index is 12.1. The summed E-state index contributed by atoms with van der Waals surface area (Å²) >= 11 is 0.660. The van der Waals surface area contributed by atoms with Crippen LogP contribution in [-0.4, -0.2) is 41.7 Å². The van der Waals surface area contributed by atoms with Crippen LogP contribution in [0.2, 0.25) is 0 Å². The van der Waals surface area contributed by atoms with Crippen molar-refractivity contribution in [2.45, 2.75) is 26.5 Å². The van der Waals surface area contributed by atoms with Gasteiger partial charge in [0, 0.05) is 19.6 Å². The van der Waals surface area contributed by atoms with Gasteiger partial charge in [-0.3, -0.25) is 9.59 Å². The molecular formula is C16H19NO7S. The van der Waals surface area contributed by atoms with Gasteiger partial charge in [0.2, 0.25) is 12.7 Å². The minimum atomic E-state index is -1.01. The van der Waals surface area contributed by atoms with E-state index in [1.807, 2.05) is 18.2 Å². The maximum Gasteiger partial charge on any atom is 0.370 e. The molecule has 1 aromatic rings. The second kappa shape index (κ2) is 11.1.